The molecule has 0 radical (unpaired) electrons. The first-order valence-corrected chi connectivity index (χ1v) is 47.2. The zero-order chi connectivity index (χ0) is 41.5. The standard InChI is InChI=1S/C18H15PSe.C12H10Se2.C7H4OSSe.C6H8N2Se2.CHNSe.K.H2Se/c20-19(16-10-4-1-5-11-16,17-12-6-2-7-13-17)18-14-8-3-9-15-18;1-3-7-11(8-4-1)13-14-12-9-5-2-6-10-12;8-7-5-3-1-2-4-6(5)9-10-7;1-8-4-6-10-9-5-2-3-7;2-1-3;;/h1-15H;1-10H;1-4H;2,4-6H2;3H;;1H2/q;;;;;+1;/p-1. The first kappa shape index (κ1) is 55.0. The van der Waals surface area contributed by atoms with Crippen LogP contribution in [0.15, 0.2) is 181 Å². The molecule has 15 heteroatoms. The molecule has 0 aliphatic heterocycles. The Kier molecular flexibility index (Phi) is 32.9. The molecule has 0 bridgehead atoms. The van der Waals surface area contributed by atoms with E-state index in [-0.39, 0.29) is 30.4 Å². The first-order chi connectivity index (χ1) is 28.5. The van der Waals surface area contributed by atoms with Gasteiger partial charge < -0.3 is 0 Å². The summed E-state index contributed by atoms with van der Waals surface area (Å²) in [5.74, 6) is 0. The van der Waals surface area contributed by atoms with Crippen molar-refractivity contribution < 1.29 is 0 Å². The van der Waals surface area contributed by atoms with Gasteiger partial charge in [0, 0.05) is 0 Å². The van der Waals surface area contributed by atoms with Crippen molar-refractivity contribution in [1.29, 1.82) is 10.5 Å². The van der Waals surface area contributed by atoms with Gasteiger partial charge in [-0.15, -0.1) is 0 Å². The van der Waals surface area contributed by atoms with Crippen molar-refractivity contribution in [2.45, 2.75) is 17.1 Å². The van der Waals surface area contributed by atoms with Gasteiger partial charge >= 0.3 is 441 Å². The monoisotopic (exact) mass is 1370 g/mol. The molecule has 0 fully saturated rings. The number of benzene rings is 6. The summed E-state index contributed by atoms with van der Waals surface area (Å²) in [5.41, 5.74) is -1.24. The summed E-state index contributed by atoms with van der Waals surface area (Å²) in [6.45, 7) is 7.20. The third-order valence-corrected chi connectivity index (χ3v) is 34.5. The number of rotatable bonds is 11. The molecule has 1 heterocycles. The fraction of sp³-hybridized carbons (Fsp3) is 0.0909. The molecule has 0 aliphatic rings. The molecule has 0 spiro atoms. The van der Waals surface area contributed by atoms with E-state index in [9.17, 15) is 4.79 Å². The van der Waals surface area contributed by atoms with E-state index in [1.165, 1.54) is 24.8 Å². The molecule has 4 nitrogen and oxygen atoms in total. The number of fused-ring (bicyclic) bond motifs is 1. The van der Waals surface area contributed by atoms with Crippen molar-refractivity contribution in [3.8, 4) is 11.0 Å². The van der Waals surface area contributed by atoms with Crippen LogP contribution in [-0.2, 0) is 0 Å². The molecular weight excluding hydrogens is 1320 g/mol. The molecule has 0 atom stereocenters. The topological polar surface area (TPSA) is 69.0 Å². The molecule has 0 aliphatic carbocycles. The summed E-state index contributed by atoms with van der Waals surface area (Å²) in [6, 6.07) is 63.8. The van der Waals surface area contributed by atoms with Crippen molar-refractivity contribution >= 4 is 199 Å². The van der Waals surface area contributed by atoms with Crippen LogP contribution in [0.1, 0.15) is 6.42 Å². The number of nitriles is 2. The second-order valence-corrected chi connectivity index (χ2v) is 39.7. The minimum atomic E-state index is -1.65. The molecule has 7 rings (SSSR count). The van der Waals surface area contributed by atoms with Gasteiger partial charge in [0.1, 0.15) is 0 Å². The van der Waals surface area contributed by atoms with Crippen molar-refractivity contribution in [3.05, 3.63) is 196 Å². The van der Waals surface area contributed by atoms with Gasteiger partial charge in [-0.3, -0.25) is 0 Å². The van der Waals surface area contributed by atoms with Crippen LogP contribution in [0.2, 0.25) is 10.6 Å². The van der Waals surface area contributed by atoms with Crippen molar-refractivity contribution in [1.82, 2.24) is 0 Å². The molecule has 6 aromatic carbocycles. The van der Waals surface area contributed by atoms with Crippen molar-refractivity contribution in [3.63, 3.8) is 0 Å². The van der Waals surface area contributed by atoms with Gasteiger partial charge in [0.05, 0.1) is 0 Å². The van der Waals surface area contributed by atoms with Gasteiger partial charge in [-0.1, -0.05) is 0 Å². The average Bonchev–Trinajstić information content (AvgIpc) is 3.69. The van der Waals surface area contributed by atoms with Gasteiger partial charge in [-0.2, -0.15) is 0 Å². The van der Waals surface area contributed by atoms with E-state index in [0.717, 1.165) is 66.1 Å². The normalized spacial score (nSPS) is 9.68. The minimum absolute atomic E-state index is 0. The Bertz CT molecular complexity index is 2230. The summed E-state index contributed by atoms with van der Waals surface area (Å²) in [7, 11) is 1.69. The Morgan fingerprint density at radius 1 is 0.661 bits per heavy atom. The van der Waals surface area contributed by atoms with Gasteiger partial charge in [0.25, 0.3) is 0 Å². The zero-order valence-electron chi connectivity index (χ0n) is 32.0. The Hall–Kier alpha value is -0.0978. The summed E-state index contributed by atoms with van der Waals surface area (Å²) in [4.78, 5) is 16.4. The summed E-state index contributed by atoms with van der Waals surface area (Å²) >= 11 is 7.10. The molecule has 0 N–H and O–H groups in total. The maximum absolute atomic E-state index is 11.1. The predicted octanol–water partition coefficient (Wildman–Crippen LogP) is 4.66. The first-order valence-electron chi connectivity index (χ1n) is 17.5. The Morgan fingerprint density at radius 2 is 1.05 bits per heavy atom. The number of hydrogen-bond donors (Lipinski definition) is 0. The Balaban J connectivity index is 0.000000272. The van der Waals surface area contributed by atoms with Crippen LogP contribution in [0, 0.1) is 28.1 Å². The predicted molar refractivity (Wildman–Crippen MR) is 268 cm³/mol. The molecule has 296 valence electrons. The molecule has 0 saturated heterocycles. The second kappa shape index (κ2) is 35.3. The number of nitrogens with zero attached hydrogens (tertiary/aromatic N) is 3. The van der Waals surface area contributed by atoms with Crippen LogP contribution >= 0.6 is 15.2 Å². The zero-order valence-corrected chi connectivity index (χ0v) is 51.0. The van der Waals surface area contributed by atoms with Crippen LogP contribution in [-0.4, -0.2) is 156 Å². The van der Waals surface area contributed by atoms with E-state index in [2.05, 4.69) is 183 Å². The summed E-state index contributed by atoms with van der Waals surface area (Å²) in [5, 5.41) is 23.1. The molecule has 1 aromatic heterocycles. The van der Waals surface area contributed by atoms with Crippen LogP contribution < -0.4 is 29.1 Å². The average molecular weight is 1360 g/mol. The van der Waals surface area contributed by atoms with E-state index >= 15 is 0 Å². The maximum atomic E-state index is 11.1. The van der Waals surface area contributed by atoms with Crippen molar-refractivity contribution in [2.75, 3.05) is 6.54 Å². The third kappa shape index (κ3) is 21.9. The summed E-state index contributed by atoms with van der Waals surface area (Å²) in [6.07, 6.45) is 0.708. The molecule has 59 heavy (non-hydrogen) atoms. The Labute approximate surface area is 433 Å². The third-order valence-electron chi connectivity index (χ3n) is 7.15. The van der Waals surface area contributed by atoms with Gasteiger partial charge in [-0.05, 0) is 0 Å². The van der Waals surface area contributed by atoms with Crippen LogP contribution in [0.5, 0.6) is 0 Å². The quantitative estimate of drug-likeness (QED) is 0.0821. The molecule has 0 unspecified atom stereocenters. The van der Waals surface area contributed by atoms with Crippen LogP contribution in [0.25, 0.3) is 14.9 Å². The molecular formula is C44H39KN3OPSSe8. The fourth-order valence-electron chi connectivity index (χ4n) is 4.53. The second-order valence-electron chi connectivity index (χ2n) is 11.1. The van der Waals surface area contributed by atoms with E-state index in [4.69, 9.17) is 17.1 Å². The van der Waals surface area contributed by atoms with Gasteiger partial charge in [0.15, 0.2) is 0 Å². The van der Waals surface area contributed by atoms with Crippen LogP contribution in [0.3, 0.4) is 0 Å². The van der Waals surface area contributed by atoms with Crippen LogP contribution in [0.4, 0.5) is 0 Å². The van der Waals surface area contributed by atoms with Gasteiger partial charge in [0.2, 0.25) is 0 Å². The molecule has 0 amide bonds. The van der Waals surface area contributed by atoms with E-state index in [1.54, 1.807) is 9.72 Å². The van der Waals surface area contributed by atoms with E-state index in [1.807, 2.05) is 24.3 Å². The van der Waals surface area contributed by atoms with Crippen molar-refractivity contribution in [2.24, 2.45) is 0 Å². The molecule has 0 saturated carbocycles. The fourth-order valence-corrected chi connectivity index (χ4v) is 24.7. The van der Waals surface area contributed by atoms with Gasteiger partial charge in [-0.25, -0.2) is 0 Å². The molecule has 7 aromatic rings. The number of hydrogen-bond acceptors (Lipinski definition) is 4. The Morgan fingerprint density at radius 3 is 1.44 bits per heavy atom. The van der Waals surface area contributed by atoms with E-state index < -0.39 is 5.51 Å². The summed E-state index contributed by atoms with van der Waals surface area (Å²) < 4.78 is 4.49. The van der Waals surface area contributed by atoms with E-state index in [0.29, 0.717) is 75.4 Å². The SMILES string of the molecule is N#C[Se][K].O=c1[se]sc2ccccc12.[C-]#[N+]CC[Se][Se]CCC#N.[SeH2].[Se]=P(c1ccccc1)(c1ccccc1)c1ccccc1.c1ccc([Se][Se]c2ccccc2)cc1.